The number of nitrogens with zero attached hydrogens (tertiary/aromatic N) is 1. The third kappa shape index (κ3) is 4.91. The summed E-state index contributed by atoms with van der Waals surface area (Å²) in [6.45, 7) is 4.26. The minimum Gasteiger partial charge on any atom is -0.489 e. The maximum atomic E-state index is 13.9. The van der Waals surface area contributed by atoms with Crippen LogP contribution in [-0.2, 0) is 24.3 Å². The molecular formula is C27H30FNO2. The average Bonchev–Trinajstić information content (AvgIpc) is 2.76. The van der Waals surface area contributed by atoms with Crippen LogP contribution in [0.15, 0.2) is 66.8 Å². The Labute approximate surface area is 184 Å². The largest absolute Gasteiger partial charge is 0.489 e. The van der Waals surface area contributed by atoms with Crippen LogP contribution in [0.3, 0.4) is 0 Å². The summed E-state index contributed by atoms with van der Waals surface area (Å²) in [5.74, 6) is 1.69. The number of ether oxygens (including phenoxy) is 2. The van der Waals surface area contributed by atoms with Crippen molar-refractivity contribution in [2.24, 2.45) is 11.8 Å². The standard InChI is InChI=1S/C27H30FNO2/c28-27-8-4-3-7-23(27)19-31-25-10-9-20-11-13-29(18-24(20)16-25)17-22-6-2-1-5-21(22)15-26-12-14-30-26/h1-10,16,21-22,26H,11-15,17-19H2/t21-,22?,26?/m1/s1. The Morgan fingerprint density at radius 2 is 1.87 bits per heavy atom. The molecule has 3 atom stereocenters. The van der Waals surface area contributed by atoms with E-state index in [4.69, 9.17) is 9.47 Å². The first-order chi connectivity index (χ1) is 15.2. The van der Waals surface area contributed by atoms with Gasteiger partial charge in [0.15, 0.2) is 0 Å². The minimum atomic E-state index is -0.219. The molecule has 1 aliphatic carbocycles. The third-order valence-corrected chi connectivity index (χ3v) is 6.80. The van der Waals surface area contributed by atoms with Crippen molar-refractivity contribution in [3.05, 3.63) is 89.3 Å². The molecule has 0 bridgehead atoms. The maximum absolute atomic E-state index is 13.9. The van der Waals surface area contributed by atoms with E-state index in [1.54, 1.807) is 12.1 Å². The summed E-state index contributed by atoms with van der Waals surface area (Å²) in [7, 11) is 0. The number of hydrogen-bond donors (Lipinski definition) is 0. The van der Waals surface area contributed by atoms with Crippen LogP contribution >= 0.6 is 0 Å². The highest BCUT2D eigenvalue weighted by Gasteiger charge is 2.28. The lowest BCUT2D eigenvalue weighted by Gasteiger charge is -2.36. The van der Waals surface area contributed by atoms with Crippen molar-refractivity contribution in [1.29, 1.82) is 0 Å². The monoisotopic (exact) mass is 419 g/mol. The average molecular weight is 420 g/mol. The molecule has 5 rings (SSSR count). The summed E-state index contributed by atoms with van der Waals surface area (Å²) in [5.41, 5.74) is 3.31. The highest BCUT2D eigenvalue weighted by molar-refractivity contribution is 5.37. The Morgan fingerprint density at radius 3 is 2.68 bits per heavy atom. The second-order valence-electron chi connectivity index (χ2n) is 8.91. The van der Waals surface area contributed by atoms with Gasteiger partial charge in [0.1, 0.15) is 18.2 Å². The van der Waals surface area contributed by atoms with E-state index < -0.39 is 0 Å². The van der Waals surface area contributed by atoms with Gasteiger partial charge in [-0.1, -0.05) is 48.6 Å². The number of rotatable bonds is 7. The van der Waals surface area contributed by atoms with Crippen LogP contribution in [0.25, 0.3) is 0 Å². The van der Waals surface area contributed by atoms with Crippen LogP contribution in [0.4, 0.5) is 4.39 Å². The molecule has 2 heterocycles. The van der Waals surface area contributed by atoms with E-state index in [1.165, 1.54) is 23.6 Å². The zero-order valence-electron chi connectivity index (χ0n) is 17.9. The van der Waals surface area contributed by atoms with Crippen LogP contribution in [0, 0.1) is 17.7 Å². The first-order valence-electron chi connectivity index (χ1n) is 11.4. The highest BCUT2D eigenvalue weighted by atomic mass is 19.1. The third-order valence-electron chi connectivity index (χ3n) is 6.80. The van der Waals surface area contributed by atoms with E-state index in [-0.39, 0.29) is 12.4 Å². The highest BCUT2D eigenvalue weighted by Crippen LogP contribution is 2.31. The van der Waals surface area contributed by atoms with Crippen molar-refractivity contribution < 1.29 is 13.9 Å². The summed E-state index contributed by atoms with van der Waals surface area (Å²) >= 11 is 0. The molecule has 0 radical (unpaired) electrons. The van der Waals surface area contributed by atoms with Gasteiger partial charge in [0.05, 0.1) is 6.10 Å². The molecule has 0 spiro atoms. The maximum Gasteiger partial charge on any atom is 0.129 e. The summed E-state index contributed by atoms with van der Waals surface area (Å²) in [6, 6.07) is 13.1. The second kappa shape index (κ2) is 9.37. The van der Waals surface area contributed by atoms with Gasteiger partial charge in [0.2, 0.25) is 0 Å². The number of benzene rings is 2. The van der Waals surface area contributed by atoms with Crippen molar-refractivity contribution in [1.82, 2.24) is 4.90 Å². The lowest BCUT2D eigenvalue weighted by atomic mass is 9.82. The van der Waals surface area contributed by atoms with Gasteiger partial charge in [0.25, 0.3) is 0 Å². The smallest absolute Gasteiger partial charge is 0.129 e. The summed E-state index contributed by atoms with van der Waals surface area (Å²) < 4.78 is 25.5. The van der Waals surface area contributed by atoms with E-state index in [0.29, 0.717) is 23.5 Å². The Bertz CT molecular complexity index is 965. The first-order valence-corrected chi connectivity index (χ1v) is 11.4. The quantitative estimate of drug-likeness (QED) is 0.608. The summed E-state index contributed by atoms with van der Waals surface area (Å²) in [6.07, 6.45) is 12.9. The van der Waals surface area contributed by atoms with Gasteiger partial charge < -0.3 is 9.47 Å². The molecule has 0 N–H and O–H groups in total. The normalized spacial score (nSPS) is 25.1. The van der Waals surface area contributed by atoms with Gasteiger partial charge in [-0.05, 0) is 60.4 Å². The molecule has 1 saturated heterocycles. The number of halogens is 1. The Hall–Kier alpha value is -2.43. The molecule has 4 heteroatoms. The predicted octanol–water partition coefficient (Wildman–Crippen LogP) is 5.30. The van der Waals surface area contributed by atoms with Gasteiger partial charge in [-0.3, -0.25) is 4.90 Å². The molecule has 3 aliphatic rings. The van der Waals surface area contributed by atoms with Crippen LogP contribution < -0.4 is 4.74 Å². The molecule has 0 aromatic heterocycles. The van der Waals surface area contributed by atoms with E-state index >= 15 is 0 Å². The van der Waals surface area contributed by atoms with Crippen molar-refractivity contribution in [2.45, 2.75) is 38.5 Å². The van der Waals surface area contributed by atoms with Crippen molar-refractivity contribution in [3.63, 3.8) is 0 Å². The fraction of sp³-hybridized carbons (Fsp3) is 0.407. The molecule has 31 heavy (non-hydrogen) atoms. The van der Waals surface area contributed by atoms with Crippen LogP contribution in [0.1, 0.15) is 29.5 Å². The molecular weight excluding hydrogens is 389 g/mol. The van der Waals surface area contributed by atoms with Gasteiger partial charge in [0, 0.05) is 31.8 Å². The number of allylic oxidation sites excluding steroid dienone is 3. The van der Waals surface area contributed by atoms with Gasteiger partial charge in [-0.25, -0.2) is 4.39 Å². The molecule has 2 aromatic carbocycles. The lowest BCUT2D eigenvalue weighted by Crippen LogP contribution is -2.38. The topological polar surface area (TPSA) is 21.7 Å². The van der Waals surface area contributed by atoms with Crippen LogP contribution in [0.5, 0.6) is 5.75 Å². The summed E-state index contributed by atoms with van der Waals surface area (Å²) in [4.78, 5) is 2.56. The van der Waals surface area contributed by atoms with Crippen molar-refractivity contribution >= 4 is 0 Å². The second-order valence-corrected chi connectivity index (χ2v) is 8.91. The van der Waals surface area contributed by atoms with E-state index in [1.807, 2.05) is 12.1 Å². The molecule has 2 aliphatic heterocycles. The Kier molecular flexibility index (Phi) is 6.19. The first kappa shape index (κ1) is 20.5. The molecule has 2 aromatic rings. The van der Waals surface area contributed by atoms with E-state index in [2.05, 4.69) is 41.3 Å². The molecule has 1 fully saturated rings. The summed E-state index contributed by atoms with van der Waals surface area (Å²) in [5, 5.41) is 0. The fourth-order valence-electron chi connectivity index (χ4n) is 4.83. The van der Waals surface area contributed by atoms with Gasteiger partial charge in [-0.15, -0.1) is 0 Å². The molecule has 162 valence electrons. The zero-order chi connectivity index (χ0) is 21.0. The van der Waals surface area contributed by atoms with Gasteiger partial charge in [-0.2, -0.15) is 0 Å². The number of fused-ring (bicyclic) bond motifs is 1. The van der Waals surface area contributed by atoms with Gasteiger partial charge >= 0.3 is 0 Å². The number of hydrogen-bond acceptors (Lipinski definition) is 3. The fourth-order valence-corrected chi connectivity index (χ4v) is 4.83. The SMILES string of the molecule is Fc1ccccc1COc1ccc2c(c1)CN(CC1C=CC=C[C@@H]1CC1CCO1)CC2. The van der Waals surface area contributed by atoms with Crippen molar-refractivity contribution in [2.75, 3.05) is 19.7 Å². The molecule has 3 nitrogen and oxygen atoms in total. The Balaban J connectivity index is 1.21. The van der Waals surface area contributed by atoms with Crippen molar-refractivity contribution in [3.8, 4) is 5.75 Å². The van der Waals surface area contributed by atoms with E-state index in [0.717, 1.165) is 44.8 Å². The zero-order valence-corrected chi connectivity index (χ0v) is 17.9. The lowest BCUT2D eigenvalue weighted by molar-refractivity contribution is -0.0628. The molecule has 0 amide bonds. The minimum absolute atomic E-state index is 0.219. The molecule has 2 unspecified atom stereocenters. The van der Waals surface area contributed by atoms with Crippen LogP contribution in [-0.4, -0.2) is 30.7 Å². The van der Waals surface area contributed by atoms with Crippen LogP contribution in [0.2, 0.25) is 0 Å². The Morgan fingerprint density at radius 1 is 1.03 bits per heavy atom. The molecule has 0 saturated carbocycles. The predicted molar refractivity (Wildman–Crippen MR) is 120 cm³/mol. The van der Waals surface area contributed by atoms with E-state index in [9.17, 15) is 4.39 Å².